The van der Waals surface area contributed by atoms with Crippen LogP contribution in [0.3, 0.4) is 0 Å². The molecule has 226 valence electrons. The molecule has 1 unspecified atom stereocenters. The minimum Gasteiger partial charge on any atom is -0.490 e. The average molecular weight is 597 g/mol. The van der Waals surface area contributed by atoms with Crippen LogP contribution in [0.5, 0.6) is 5.75 Å². The van der Waals surface area contributed by atoms with Gasteiger partial charge in [0, 0.05) is 34.6 Å². The summed E-state index contributed by atoms with van der Waals surface area (Å²) < 4.78 is 42.9. The number of rotatable bonds is 6. The van der Waals surface area contributed by atoms with Gasteiger partial charge in [-0.05, 0) is 99.5 Å². The Labute approximate surface area is 254 Å². The van der Waals surface area contributed by atoms with E-state index in [2.05, 4.69) is 0 Å². The molecule has 0 spiro atoms. The van der Waals surface area contributed by atoms with Crippen LogP contribution in [0.25, 0.3) is 39.2 Å². The molecule has 1 atom stereocenters. The molecule has 5 aromatic rings. The third-order valence-electron chi connectivity index (χ3n) is 7.98. The van der Waals surface area contributed by atoms with Crippen molar-refractivity contribution in [2.75, 3.05) is 6.61 Å². The average Bonchev–Trinajstić information content (AvgIpc) is 3.41. The zero-order valence-corrected chi connectivity index (χ0v) is 25.4. The number of ether oxygens (including phenoxy) is 2. The van der Waals surface area contributed by atoms with Gasteiger partial charge in [-0.3, -0.25) is 0 Å². The fourth-order valence-electron chi connectivity index (χ4n) is 6.02. The minimum atomic E-state index is -1.33. The summed E-state index contributed by atoms with van der Waals surface area (Å²) >= 11 is 0. The van der Waals surface area contributed by atoms with E-state index in [1.807, 2.05) is 54.9 Å². The van der Waals surface area contributed by atoms with Crippen LogP contribution in [0.1, 0.15) is 55.5 Å². The van der Waals surface area contributed by atoms with E-state index in [1.54, 1.807) is 32.9 Å². The molecule has 1 aliphatic heterocycles. The molecule has 0 aliphatic carbocycles. The van der Waals surface area contributed by atoms with Crippen molar-refractivity contribution < 1.29 is 28.2 Å². The Bertz CT molecular complexity index is 1910. The van der Waals surface area contributed by atoms with Crippen molar-refractivity contribution in [1.29, 1.82) is 0 Å². The van der Waals surface area contributed by atoms with Gasteiger partial charge in [0.05, 0.1) is 17.9 Å². The molecule has 44 heavy (non-hydrogen) atoms. The number of aliphatic carboxylic acids is 1. The summed E-state index contributed by atoms with van der Waals surface area (Å²) in [6.45, 7) is 9.62. The van der Waals surface area contributed by atoms with Gasteiger partial charge >= 0.3 is 5.97 Å². The van der Waals surface area contributed by atoms with E-state index in [9.17, 15) is 14.3 Å². The van der Waals surface area contributed by atoms with E-state index in [-0.39, 0.29) is 11.6 Å². The number of benzene rings is 3. The zero-order valence-electron chi connectivity index (χ0n) is 25.4. The van der Waals surface area contributed by atoms with Crippen molar-refractivity contribution in [3.05, 3.63) is 101 Å². The van der Waals surface area contributed by atoms with Crippen molar-refractivity contribution in [2.45, 2.75) is 59.2 Å². The Balaban J connectivity index is 1.62. The first-order valence-corrected chi connectivity index (χ1v) is 14.7. The summed E-state index contributed by atoms with van der Waals surface area (Å²) in [5.74, 6) is -1.69. The van der Waals surface area contributed by atoms with E-state index in [0.717, 1.165) is 34.2 Å². The third-order valence-corrected chi connectivity index (χ3v) is 7.98. The first kappa shape index (κ1) is 29.5. The predicted octanol–water partition coefficient (Wildman–Crippen LogP) is 8.50. The Hall–Kier alpha value is -4.56. The largest absolute Gasteiger partial charge is 0.490 e. The van der Waals surface area contributed by atoms with Gasteiger partial charge in [-0.15, -0.1) is 0 Å². The van der Waals surface area contributed by atoms with E-state index < -0.39 is 23.5 Å². The van der Waals surface area contributed by atoms with Crippen LogP contribution < -0.4 is 4.74 Å². The summed E-state index contributed by atoms with van der Waals surface area (Å²) in [6, 6.07) is 15.5. The highest BCUT2D eigenvalue weighted by molar-refractivity contribution is 5.90. The molecular formula is C36H34F2N2O4. The quantitative estimate of drug-likeness (QED) is 0.213. The molecule has 0 amide bonds. The number of imidazole rings is 1. The van der Waals surface area contributed by atoms with Gasteiger partial charge in [-0.1, -0.05) is 30.3 Å². The summed E-state index contributed by atoms with van der Waals surface area (Å²) in [5.41, 5.74) is 6.69. The van der Waals surface area contributed by atoms with Gasteiger partial charge in [0.2, 0.25) is 0 Å². The molecule has 3 aromatic carbocycles. The summed E-state index contributed by atoms with van der Waals surface area (Å²) in [7, 11) is 0. The highest BCUT2D eigenvalue weighted by Gasteiger charge is 2.34. The Morgan fingerprint density at radius 3 is 2.45 bits per heavy atom. The number of hydrogen-bond donors (Lipinski definition) is 1. The number of halogens is 2. The van der Waals surface area contributed by atoms with Crippen molar-refractivity contribution in [1.82, 2.24) is 9.38 Å². The molecule has 0 fully saturated rings. The fraction of sp³-hybridized carbons (Fsp3) is 0.278. The highest BCUT2D eigenvalue weighted by Crippen LogP contribution is 2.44. The topological polar surface area (TPSA) is 73.1 Å². The van der Waals surface area contributed by atoms with Gasteiger partial charge < -0.3 is 19.0 Å². The lowest BCUT2D eigenvalue weighted by molar-refractivity contribution is -0.160. The molecule has 1 aliphatic rings. The number of nitrogens with zero attached hydrogens (tertiary/aromatic N) is 2. The van der Waals surface area contributed by atoms with Crippen LogP contribution in [0.4, 0.5) is 8.78 Å². The second-order valence-electron chi connectivity index (χ2n) is 12.3. The number of aromatic nitrogens is 2. The lowest BCUT2D eigenvalue weighted by atomic mass is 9.87. The first-order chi connectivity index (χ1) is 20.9. The lowest BCUT2D eigenvalue weighted by Crippen LogP contribution is -2.28. The molecule has 1 N–H and O–H groups in total. The standard InChI is InChI=1S/C36H34F2N2O4/c1-20-18-40-19-29(24-9-6-8-23(16-24)22-11-13-25(37)14-12-22)39-34(40)31(30(20)33(35(41)42)44-36(3,4)5)27-17-28(38)32-26(21(27)2)10-7-15-43-32/h6,8-9,11-14,16-19,33H,7,10,15H2,1-5H3,(H,41,42). The Kier molecular flexibility index (Phi) is 7.49. The number of carboxylic acid groups (broad SMARTS) is 1. The second kappa shape index (κ2) is 11.2. The molecule has 6 nitrogen and oxygen atoms in total. The second-order valence-corrected chi connectivity index (χ2v) is 12.3. The summed E-state index contributed by atoms with van der Waals surface area (Å²) in [4.78, 5) is 17.8. The van der Waals surface area contributed by atoms with E-state index >= 15 is 4.39 Å². The maximum Gasteiger partial charge on any atom is 0.337 e. The number of aryl methyl sites for hydroxylation is 1. The predicted molar refractivity (Wildman–Crippen MR) is 166 cm³/mol. The third kappa shape index (κ3) is 5.46. The van der Waals surface area contributed by atoms with Crippen LogP contribution >= 0.6 is 0 Å². The molecule has 8 heteroatoms. The molecule has 0 radical (unpaired) electrons. The van der Waals surface area contributed by atoms with Crippen LogP contribution in [-0.4, -0.2) is 32.7 Å². The number of carbonyl (C=O) groups is 1. The minimum absolute atomic E-state index is 0.255. The first-order valence-electron chi connectivity index (χ1n) is 14.7. The number of fused-ring (bicyclic) bond motifs is 2. The Morgan fingerprint density at radius 2 is 1.75 bits per heavy atom. The van der Waals surface area contributed by atoms with Crippen LogP contribution in [0.2, 0.25) is 0 Å². The van der Waals surface area contributed by atoms with Gasteiger partial charge in [-0.25, -0.2) is 18.6 Å². The van der Waals surface area contributed by atoms with Gasteiger partial charge in [0.1, 0.15) is 11.5 Å². The number of carboxylic acids is 1. The zero-order chi connectivity index (χ0) is 31.3. The summed E-state index contributed by atoms with van der Waals surface area (Å²) in [5, 5.41) is 10.4. The van der Waals surface area contributed by atoms with Crippen molar-refractivity contribution in [2.24, 2.45) is 0 Å². The summed E-state index contributed by atoms with van der Waals surface area (Å²) in [6.07, 6.45) is 3.80. The maximum atomic E-state index is 15.6. The number of pyridine rings is 1. The highest BCUT2D eigenvalue weighted by atomic mass is 19.1. The van der Waals surface area contributed by atoms with Crippen LogP contribution in [-0.2, 0) is 16.0 Å². The fourth-order valence-corrected chi connectivity index (χ4v) is 6.02. The van der Waals surface area contributed by atoms with E-state index in [1.165, 1.54) is 18.2 Å². The van der Waals surface area contributed by atoms with Crippen molar-refractivity contribution in [3.8, 4) is 39.3 Å². The molecule has 0 saturated heterocycles. The van der Waals surface area contributed by atoms with Gasteiger partial charge in [-0.2, -0.15) is 0 Å². The normalized spacial score (nSPS) is 13.9. The molecule has 0 saturated carbocycles. The molecule has 6 rings (SSSR count). The Morgan fingerprint density at radius 1 is 1.02 bits per heavy atom. The van der Waals surface area contributed by atoms with E-state index in [4.69, 9.17) is 14.5 Å². The smallest absolute Gasteiger partial charge is 0.337 e. The van der Waals surface area contributed by atoms with Crippen LogP contribution in [0, 0.1) is 25.5 Å². The van der Waals surface area contributed by atoms with Gasteiger partial charge in [0.15, 0.2) is 17.7 Å². The van der Waals surface area contributed by atoms with Crippen molar-refractivity contribution >= 4 is 11.6 Å². The molecule has 3 heterocycles. The van der Waals surface area contributed by atoms with Gasteiger partial charge in [0.25, 0.3) is 0 Å². The SMILES string of the molecule is Cc1cn2cc(-c3cccc(-c4ccc(F)cc4)c3)nc2c(-c2cc(F)c3c(c2C)CCCO3)c1C(OC(C)(C)C)C(=O)O. The molecule has 2 aromatic heterocycles. The maximum absolute atomic E-state index is 15.6. The lowest BCUT2D eigenvalue weighted by Gasteiger charge is -2.29. The van der Waals surface area contributed by atoms with E-state index in [0.29, 0.717) is 46.6 Å². The molecular weight excluding hydrogens is 562 g/mol. The molecule has 0 bridgehead atoms. The number of hydrogen-bond acceptors (Lipinski definition) is 4. The van der Waals surface area contributed by atoms with Crippen LogP contribution in [0.15, 0.2) is 67.0 Å². The monoisotopic (exact) mass is 596 g/mol. The van der Waals surface area contributed by atoms with Crippen molar-refractivity contribution in [3.63, 3.8) is 0 Å².